The van der Waals surface area contributed by atoms with Crippen LogP contribution in [0.4, 0.5) is 0 Å². The molecule has 2 bridgehead atoms. The average molecular weight is 332 g/mol. The van der Waals surface area contributed by atoms with Crippen molar-refractivity contribution >= 4 is 5.97 Å². The van der Waals surface area contributed by atoms with Gasteiger partial charge in [0.2, 0.25) is 0 Å². The van der Waals surface area contributed by atoms with Crippen molar-refractivity contribution in [2.45, 2.75) is 77.4 Å². The molecule has 3 heteroatoms. The van der Waals surface area contributed by atoms with Gasteiger partial charge in [-0.05, 0) is 62.7 Å². The normalized spacial score (nSPS) is 55.6. The maximum atomic E-state index is 12.6. The van der Waals surface area contributed by atoms with Crippen LogP contribution in [-0.4, -0.2) is 24.8 Å². The molecule has 134 valence electrons. The Hall–Kier alpha value is -0.830. The molecule has 2 aliphatic heterocycles. The Morgan fingerprint density at radius 3 is 2.62 bits per heavy atom. The van der Waals surface area contributed by atoms with Crippen LogP contribution in [0.1, 0.15) is 65.7 Å². The van der Waals surface area contributed by atoms with Crippen molar-refractivity contribution in [2.24, 2.45) is 28.1 Å². The van der Waals surface area contributed by atoms with Gasteiger partial charge in [-0.3, -0.25) is 4.79 Å². The summed E-state index contributed by atoms with van der Waals surface area (Å²) in [6, 6.07) is 0. The first kappa shape index (κ1) is 16.6. The third-order valence-corrected chi connectivity index (χ3v) is 8.62. The highest BCUT2D eigenvalue weighted by Gasteiger charge is 2.71. The summed E-state index contributed by atoms with van der Waals surface area (Å²) in [5.74, 6) is 0.986. The number of carbonyl (C=O) groups is 1. The zero-order chi connectivity index (χ0) is 17.4. The van der Waals surface area contributed by atoms with Crippen LogP contribution in [0, 0.1) is 28.1 Å². The summed E-state index contributed by atoms with van der Waals surface area (Å²) in [5, 5.41) is 0. The van der Waals surface area contributed by atoms with Crippen LogP contribution in [-0.2, 0) is 14.3 Å². The van der Waals surface area contributed by atoms with Crippen LogP contribution in [0.25, 0.3) is 0 Å². The minimum absolute atomic E-state index is 0.00520. The van der Waals surface area contributed by atoms with Crippen LogP contribution in [0.15, 0.2) is 12.7 Å². The second-order valence-corrected chi connectivity index (χ2v) is 9.71. The van der Waals surface area contributed by atoms with Crippen LogP contribution in [0.2, 0.25) is 0 Å². The van der Waals surface area contributed by atoms with Crippen molar-refractivity contribution in [3.05, 3.63) is 12.7 Å². The molecule has 7 atom stereocenters. The molecular weight excluding hydrogens is 300 g/mol. The van der Waals surface area contributed by atoms with Gasteiger partial charge in [-0.1, -0.05) is 26.3 Å². The fraction of sp³-hybridized carbons (Fsp3) is 0.857. The van der Waals surface area contributed by atoms with E-state index in [1.54, 1.807) is 7.11 Å². The highest BCUT2D eigenvalue weighted by molar-refractivity contribution is 5.77. The number of hydrogen-bond donors (Lipinski definition) is 0. The smallest absolute Gasteiger partial charge is 0.311 e. The van der Waals surface area contributed by atoms with Gasteiger partial charge in [0.05, 0.1) is 24.2 Å². The summed E-state index contributed by atoms with van der Waals surface area (Å²) in [7, 11) is 1.54. The van der Waals surface area contributed by atoms with Crippen molar-refractivity contribution in [2.75, 3.05) is 7.11 Å². The molecule has 2 saturated carbocycles. The number of ether oxygens (including phenoxy) is 2. The van der Waals surface area contributed by atoms with Gasteiger partial charge in [0.1, 0.15) is 0 Å². The highest BCUT2D eigenvalue weighted by Crippen LogP contribution is 2.71. The van der Waals surface area contributed by atoms with E-state index >= 15 is 0 Å². The summed E-state index contributed by atoms with van der Waals surface area (Å²) in [4.78, 5) is 12.6. The number of rotatable bonds is 2. The number of carbonyl (C=O) groups excluding carboxylic acids is 1. The molecule has 0 amide bonds. The molecule has 24 heavy (non-hydrogen) atoms. The lowest BCUT2D eigenvalue weighted by Gasteiger charge is -2.61. The van der Waals surface area contributed by atoms with Gasteiger partial charge in [-0.2, -0.15) is 0 Å². The molecule has 1 spiro atoms. The van der Waals surface area contributed by atoms with E-state index in [-0.39, 0.29) is 27.8 Å². The summed E-state index contributed by atoms with van der Waals surface area (Å²) in [5.41, 5.74) is 0.0108. The van der Waals surface area contributed by atoms with Gasteiger partial charge in [-0.15, -0.1) is 6.58 Å². The zero-order valence-corrected chi connectivity index (χ0v) is 15.7. The maximum absolute atomic E-state index is 12.6. The van der Waals surface area contributed by atoms with Gasteiger partial charge >= 0.3 is 5.97 Å². The van der Waals surface area contributed by atoms with E-state index in [1.165, 1.54) is 6.42 Å². The minimum atomic E-state index is -0.326. The largest absolute Gasteiger partial charge is 0.469 e. The molecule has 0 N–H and O–H groups in total. The van der Waals surface area contributed by atoms with Gasteiger partial charge in [0, 0.05) is 5.41 Å². The third-order valence-electron chi connectivity index (χ3n) is 8.62. The molecule has 2 aliphatic carbocycles. The maximum Gasteiger partial charge on any atom is 0.311 e. The minimum Gasteiger partial charge on any atom is -0.469 e. The Morgan fingerprint density at radius 2 is 1.96 bits per heavy atom. The van der Waals surface area contributed by atoms with E-state index in [1.807, 2.05) is 0 Å². The molecule has 0 aromatic heterocycles. The first-order valence-electron chi connectivity index (χ1n) is 9.64. The van der Waals surface area contributed by atoms with E-state index in [4.69, 9.17) is 9.47 Å². The zero-order valence-electron chi connectivity index (χ0n) is 15.7. The van der Waals surface area contributed by atoms with E-state index < -0.39 is 0 Å². The molecule has 0 aromatic carbocycles. The van der Waals surface area contributed by atoms with E-state index in [2.05, 4.69) is 33.4 Å². The molecule has 0 radical (unpaired) electrons. The van der Waals surface area contributed by atoms with Gasteiger partial charge in [0.25, 0.3) is 0 Å². The standard InChI is InChI=1S/C21H32O3/c1-6-18(2)13-21-11-8-14-19(3,15(21)12-16(18)24-21)9-7-10-20(14,4)17(22)23-5/h6,14-16H,1,7-13H2,2-5H3/t14-,15+,16+,18+,19-,20+,21-/m0/s1. The predicted molar refractivity (Wildman–Crippen MR) is 93.4 cm³/mol. The van der Waals surface area contributed by atoms with Crippen LogP contribution >= 0.6 is 0 Å². The predicted octanol–water partition coefficient (Wildman–Crippen LogP) is 4.51. The van der Waals surface area contributed by atoms with Gasteiger partial charge in [-0.25, -0.2) is 0 Å². The molecule has 4 rings (SSSR count). The van der Waals surface area contributed by atoms with Crippen molar-refractivity contribution in [3.63, 3.8) is 0 Å². The van der Waals surface area contributed by atoms with Crippen molar-refractivity contribution in [1.82, 2.24) is 0 Å². The monoisotopic (exact) mass is 332 g/mol. The number of fused-ring (bicyclic) bond motifs is 3. The van der Waals surface area contributed by atoms with E-state index in [9.17, 15) is 4.79 Å². The average Bonchev–Trinajstić information content (AvgIpc) is 3.07. The van der Waals surface area contributed by atoms with Crippen LogP contribution in [0.3, 0.4) is 0 Å². The molecule has 4 fully saturated rings. The Kier molecular flexibility index (Phi) is 3.37. The lowest BCUT2D eigenvalue weighted by molar-refractivity contribution is -0.184. The van der Waals surface area contributed by atoms with Crippen molar-refractivity contribution < 1.29 is 14.3 Å². The topological polar surface area (TPSA) is 35.5 Å². The molecule has 4 aliphatic rings. The molecule has 2 saturated heterocycles. The Balaban J connectivity index is 1.71. The van der Waals surface area contributed by atoms with Crippen LogP contribution < -0.4 is 0 Å². The second-order valence-electron chi connectivity index (χ2n) is 9.71. The summed E-state index contributed by atoms with van der Waals surface area (Å²) < 4.78 is 11.9. The fourth-order valence-electron chi connectivity index (χ4n) is 7.41. The summed E-state index contributed by atoms with van der Waals surface area (Å²) in [6.45, 7) is 11.0. The first-order valence-corrected chi connectivity index (χ1v) is 9.64. The molecule has 0 unspecified atom stereocenters. The van der Waals surface area contributed by atoms with E-state index in [0.29, 0.717) is 17.9 Å². The highest BCUT2D eigenvalue weighted by atomic mass is 16.5. The molecular formula is C21H32O3. The van der Waals surface area contributed by atoms with Gasteiger partial charge in [0.15, 0.2) is 0 Å². The molecule has 2 heterocycles. The Labute approximate surface area is 146 Å². The third kappa shape index (κ3) is 1.80. The summed E-state index contributed by atoms with van der Waals surface area (Å²) >= 11 is 0. The number of hydrogen-bond acceptors (Lipinski definition) is 3. The Bertz CT molecular complexity index is 586. The first-order chi connectivity index (χ1) is 11.2. The number of methoxy groups -OCH3 is 1. The fourth-order valence-corrected chi connectivity index (χ4v) is 7.41. The lowest BCUT2D eigenvalue weighted by atomic mass is 9.42. The molecule has 3 nitrogen and oxygen atoms in total. The SMILES string of the molecule is C=C[C@]1(C)C[C@@]23CC[C@H]4[C@](C)(CCC[C@@]4(C)C(=O)OC)[C@H]2C[C@H]1O3. The van der Waals surface area contributed by atoms with Crippen LogP contribution in [0.5, 0.6) is 0 Å². The van der Waals surface area contributed by atoms with Crippen molar-refractivity contribution in [3.8, 4) is 0 Å². The lowest BCUT2D eigenvalue weighted by Crippen LogP contribution is -2.60. The molecule has 0 aromatic rings. The summed E-state index contributed by atoms with van der Waals surface area (Å²) in [6.07, 6.45) is 10.1. The van der Waals surface area contributed by atoms with Crippen molar-refractivity contribution in [1.29, 1.82) is 0 Å². The quantitative estimate of drug-likeness (QED) is 0.551. The number of esters is 1. The second kappa shape index (κ2) is 4.87. The van der Waals surface area contributed by atoms with E-state index in [0.717, 1.165) is 38.5 Å². The van der Waals surface area contributed by atoms with Gasteiger partial charge < -0.3 is 9.47 Å². The Morgan fingerprint density at radius 1 is 1.21 bits per heavy atom.